The second kappa shape index (κ2) is 7.80. The molecule has 27 heavy (non-hydrogen) atoms. The molecule has 0 fully saturated rings. The Hall–Kier alpha value is -3.51. The quantitative estimate of drug-likeness (QED) is 0.519. The number of nitrogens with zero attached hydrogens (tertiary/aromatic N) is 2. The monoisotopic (exact) mass is 373 g/mol. The molecule has 0 saturated carbocycles. The largest absolute Gasteiger partial charge is 0.457 e. The van der Waals surface area contributed by atoms with E-state index in [-0.39, 0.29) is 5.91 Å². The maximum atomic E-state index is 12.7. The van der Waals surface area contributed by atoms with Gasteiger partial charge in [-0.05, 0) is 36.4 Å². The normalized spacial score (nSPS) is 10.4. The molecule has 132 valence electrons. The number of para-hydroxylation sites is 2. The van der Waals surface area contributed by atoms with Crippen molar-refractivity contribution in [2.45, 2.75) is 0 Å². The van der Waals surface area contributed by atoms with Crippen LogP contribution in [0.15, 0.2) is 84.5 Å². The zero-order valence-electron chi connectivity index (χ0n) is 14.2. The molecule has 0 spiro atoms. The van der Waals surface area contributed by atoms with Crippen molar-refractivity contribution in [2.75, 3.05) is 5.32 Å². The number of aromatic nitrogens is 2. The van der Waals surface area contributed by atoms with Gasteiger partial charge in [-0.25, -0.2) is 4.98 Å². The van der Waals surface area contributed by atoms with Gasteiger partial charge < -0.3 is 4.74 Å². The third kappa shape index (κ3) is 4.02. The number of benzene rings is 2. The summed E-state index contributed by atoms with van der Waals surface area (Å²) in [6.07, 6.45) is 3.42. The standard InChI is InChI=1S/C21H15N3O2S/c25-20(24-21-23-18(14-27-21)15-10-12-22-13-11-15)17-8-4-5-9-19(17)26-16-6-2-1-3-7-16/h1-14H,(H,23,24,25). The van der Waals surface area contributed by atoms with Gasteiger partial charge in [-0.3, -0.25) is 15.1 Å². The maximum absolute atomic E-state index is 12.7. The van der Waals surface area contributed by atoms with E-state index >= 15 is 0 Å². The Morgan fingerprint density at radius 2 is 1.67 bits per heavy atom. The number of ether oxygens (including phenoxy) is 1. The first-order valence-electron chi connectivity index (χ1n) is 8.29. The minimum Gasteiger partial charge on any atom is -0.457 e. The lowest BCUT2D eigenvalue weighted by atomic mass is 10.2. The second-order valence-corrected chi connectivity index (χ2v) is 6.50. The van der Waals surface area contributed by atoms with Gasteiger partial charge in [0.1, 0.15) is 11.5 Å². The predicted octanol–water partition coefficient (Wildman–Crippen LogP) is 5.25. The summed E-state index contributed by atoms with van der Waals surface area (Å²) >= 11 is 1.37. The van der Waals surface area contributed by atoms with E-state index in [1.807, 2.05) is 53.9 Å². The molecule has 5 nitrogen and oxygen atoms in total. The summed E-state index contributed by atoms with van der Waals surface area (Å²) < 4.78 is 5.86. The minimum absolute atomic E-state index is 0.267. The van der Waals surface area contributed by atoms with Crippen molar-refractivity contribution < 1.29 is 9.53 Å². The maximum Gasteiger partial charge on any atom is 0.261 e. The van der Waals surface area contributed by atoms with Crippen molar-refractivity contribution in [3.8, 4) is 22.8 Å². The van der Waals surface area contributed by atoms with Crippen LogP contribution in [0.1, 0.15) is 10.4 Å². The van der Waals surface area contributed by atoms with E-state index < -0.39 is 0 Å². The molecule has 6 heteroatoms. The third-order valence-electron chi connectivity index (χ3n) is 3.80. The smallest absolute Gasteiger partial charge is 0.261 e. The van der Waals surface area contributed by atoms with Gasteiger partial charge in [0.25, 0.3) is 5.91 Å². The Bertz CT molecular complexity index is 1050. The third-order valence-corrected chi connectivity index (χ3v) is 4.56. The molecule has 2 aromatic carbocycles. The van der Waals surface area contributed by atoms with E-state index in [9.17, 15) is 4.79 Å². The topological polar surface area (TPSA) is 64.1 Å². The van der Waals surface area contributed by atoms with E-state index in [2.05, 4.69) is 15.3 Å². The summed E-state index contributed by atoms with van der Waals surface area (Å²) in [5.74, 6) is 0.899. The van der Waals surface area contributed by atoms with Gasteiger partial charge in [-0.1, -0.05) is 30.3 Å². The summed E-state index contributed by atoms with van der Waals surface area (Å²) in [4.78, 5) is 21.2. The van der Waals surface area contributed by atoms with Gasteiger partial charge in [-0.15, -0.1) is 11.3 Å². The second-order valence-electron chi connectivity index (χ2n) is 5.64. The average Bonchev–Trinajstić information content (AvgIpc) is 3.18. The first-order chi connectivity index (χ1) is 13.3. The van der Waals surface area contributed by atoms with E-state index in [0.717, 1.165) is 11.3 Å². The van der Waals surface area contributed by atoms with Crippen LogP contribution in [0.25, 0.3) is 11.3 Å². The average molecular weight is 373 g/mol. The van der Waals surface area contributed by atoms with Crippen molar-refractivity contribution >= 4 is 22.4 Å². The molecule has 4 aromatic rings. The number of thiazole rings is 1. The number of hydrogen-bond donors (Lipinski definition) is 1. The highest BCUT2D eigenvalue weighted by Crippen LogP contribution is 2.28. The number of amides is 1. The Morgan fingerprint density at radius 3 is 2.48 bits per heavy atom. The Labute approximate surface area is 160 Å². The molecule has 0 atom stereocenters. The number of pyridine rings is 1. The Kier molecular flexibility index (Phi) is 4.89. The van der Waals surface area contributed by atoms with Crippen LogP contribution < -0.4 is 10.1 Å². The zero-order chi connectivity index (χ0) is 18.5. The van der Waals surface area contributed by atoms with Crippen LogP contribution in [-0.2, 0) is 0 Å². The van der Waals surface area contributed by atoms with Gasteiger partial charge in [0.15, 0.2) is 5.13 Å². The van der Waals surface area contributed by atoms with Crippen molar-refractivity contribution in [1.29, 1.82) is 0 Å². The van der Waals surface area contributed by atoms with E-state index in [4.69, 9.17) is 4.74 Å². The molecule has 0 aliphatic carbocycles. The highest BCUT2D eigenvalue weighted by molar-refractivity contribution is 7.14. The van der Waals surface area contributed by atoms with Gasteiger partial charge >= 0.3 is 0 Å². The summed E-state index contributed by atoms with van der Waals surface area (Å²) in [5, 5.41) is 5.28. The van der Waals surface area contributed by atoms with E-state index in [1.54, 1.807) is 30.6 Å². The van der Waals surface area contributed by atoms with Crippen molar-refractivity contribution in [3.63, 3.8) is 0 Å². The van der Waals surface area contributed by atoms with Gasteiger partial charge in [0, 0.05) is 23.3 Å². The molecule has 0 aliphatic rings. The molecule has 0 bridgehead atoms. The highest BCUT2D eigenvalue weighted by atomic mass is 32.1. The number of carbonyl (C=O) groups excluding carboxylic acids is 1. The van der Waals surface area contributed by atoms with Gasteiger partial charge in [0.05, 0.1) is 11.3 Å². The summed E-state index contributed by atoms with van der Waals surface area (Å²) in [5.41, 5.74) is 2.20. The van der Waals surface area contributed by atoms with Crippen LogP contribution in [0.5, 0.6) is 11.5 Å². The van der Waals surface area contributed by atoms with Crippen LogP contribution >= 0.6 is 11.3 Å². The van der Waals surface area contributed by atoms with Gasteiger partial charge in [-0.2, -0.15) is 0 Å². The van der Waals surface area contributed by atoms with Crippen molar-refractivity contribution in [1.82, 2.24) is 9.97 Å². The van der Waals surface area contributed by atoms with E-state index in [0.29, 0.717) is 22.2 Å². The van der Waals surface area contributed by atoms with Crippen LogP contribution in [0.2, 0.25) is 0 Å². The Morgan fingerprint density at radius 1 is 0.926 bits per heavy atom. The molecular formula is C21H15N3O2S. The molecule has 0 saturated heterocycles. The molecule has 2 heterocycles. The van der Waals surface area contributed by atoms with Crippen LogP contribution in [0.3, 0.4) is 0 Å². The van der Waals surface area contributed by atoms with Crippen LogP contribution in [0, 0.1) is 0 Å². The first kappa shape index (κ1) is 16.9. The first-order valence-corrected chi connectivity index (χ1v) is 9.17. The predicted molar refractivity (Wildman–Crippen MR) is 106 cm³/mol. The molecule has 1 amide bonds. The molecule has 1 N–H and O–H groups in total. The molecule has 0 unspecified atom stereocenters. The fraction of sp³-hybridized carbons (Fsp3) is 0. The SMILES string of the molecule is O=C(Nc1nc(-c2ccncc2)cs1)c1ccccc1Oc1ccccc1. The Balaban J connectivity index is 1.53. The fourth-order valence-electron chi connectivity index (χ4n) is 2.51. The molecule has 2 aromatic heterocycles. The van der Waals surface area contributed by atoms with Crippen LogP contribution in [0.4, 0.5) is 5.13 Å². The molecule has 0 radical (unpaired) electrons. The number of carbonyl (C=O) groups is 1. The number of hydrogen-bond acceptors (Lipinski definition) is 5. The summed E-state index contributed by atoms with van der Waals surface area (Å²) in [7, 11) is 0. The lowest BCUT2D eigenvalue weighted by Gasteiger charge is -2.10. The van der Waals surface area contributed by atoms with Crippen molar-refractivity contribution in [2.24, 2.45) is 0 Å². The minimum atomic E-state index is -0.267. The number of anilines is 1. The fourth-order valence-corrected chi connectivity index (χ4v) is 3.22. The summed E-state index contributed by atoms with van der Waals surface area (Å²) in [6, 6.07) is 20.3. The van der Waals surface area contributed by atoms with Gasteiger partial charge in [0.2, 0.25) is 0 Å². The number of nitrogens with one attached hydrogen (secondary N) is 1. The number of rotatable bonds is 5. The lowest BCUT2D eigenvalue weighted by molar-refractivity contribution is 0.102. The zero-order valence-corrected chi connectivity index (χ0v) is 15.0. The van der Waals surface area contributed by atoms with E-state index in [1.165, 1.54) is 11.3 Å². The molecule has 0 aliphatic heterocycles. The van der Waals surface area contributed by atoms with Crippen molar-refractivity contribution in [3.05, 3.63) is 90.1 Å². The molecular weight excluding hydrogens is 358 g/mol. The van der Waals surface area contributed by atoms with Crippen LogP contribution in [-0.4, -0.2) is 15.9 Å². The highest BCUT2D eigenvalue weighted by Gasteiger charge is 2.15. The summed E-state index contributed by atoms with van der Waals surface area (Å²) in [6.45, 7) is 0. The lowest BCUT2D eigenvalue weighted by Crippen LogP contribution is -2.12. The molecule has 4 rings (SSSR count).